The largest absolute Gasteiger partial charge is 0.493 e. The Kier molecular flexibility index (Phi) is 5.95. The fourth-order valence-corrected chi connectivity index (χ4v) is 2.29. The van der Waals surface area contributed by atoms with Gasteiger partial charge < -0.3 is 19.5 Å². The minimum absolute atomic E-state index is 0.232. The zero-order chi connectivity index (χ0) is 19.3. The van der Waals surface area contributed by atoms with Gasteiger partial charge in [-0.25, -0.2) is 4.79 Å². The number of carbonyl (C=O) groups excluding carboxylic acids is 3. The van der Waals surface area contributed by atoms with Gasteiger partial charge in [-0.1, -0.05) is 0 Å². The van der Waals surface area contributed by atoms with Crippen LogP contribution in [0.4, 0.5) is 5.69 Å². The van der Waals surface area contributed by atoms with Crippen LogP contribution in [0.5, 0.6) is 11.5 Å². The smallest absolute Gasteiger partial charge is 0.337 e. The van der Waals surface area contributed by atoms with E-state index in [1.165, 1.54) is 39.3 Å². The van der Waals surface area contributed by atoms with Gasteiger partial charge in [-0.15, -0.1) is 0 Å². The fraction of sp³-hybridized carbons (Fsp3) is 0.211. The van der Waals surface area contributed by atoms with E-state index in [0.29, 0.717) is 22.4 Å². The van der Waals surface area contributed by atoms with E-state index in [2.05, 4.69) is 10.1 Å². The van der Waals surface area contributed by atoms with E-state index in [1.54, 1.807) is 25.1 Å². The number of hydrogen-bond donors (Lipinski definition) is 1. The Bertz CT molecular complexity index is 859. The van der Waals surface area contributed by atoms with Crippen molar-refractivity contribution < 1.29 is 28.6 Å². The summed E-state index contributed by atoms with van der Waals surface area (Å²) in [6.45, 7) is 3.05. The SMILES string of the molecule is COC(=O)c1ccc(NC(=O)c2ccc(OC(C)=O)c(OC)c2)c(C)c1. The van der Waals surface area contributed by atoms with E-state index in [0.717, 1.165) is 0 Å². The van der Waals surface area contributed by atoms with Crippen molar-refractivity contribution in [3.05, 3.63) is 53.1 Å². The first-order chi connectivity index (χ1) is 12.3. The molecule has 1 amide bonds. The van der Waals surface area contributed by atoms with Crippen molar-refractivity contribution in [1.82, 2.24) is 0 Å². The van der Waals surface area contributed by atoms with E-state index in [-0.39, 0.29) is 17.4 Å². The number of aryl methyl sites for hydroxylation is 1. The van der Waals surface area contributed by atoms with Gasteiger partial charge in [0.2, 0.25) is 0 Å². The third kappa shape index (κ3) is 4.38. The number of ether oxygens (including phenoxy) is 3. The lowest BCUT2D eigenvalue weighted by atomic mass is 10.1. The van der Waals surface area contributed by atoms with E-state index < -0.39 is 11.9 Å². The second-order valence-corrected chi connectivity index (χ2v) is 5.43. The van der Waals surface area contributed by atoms with Crippen molar-refractivity contribution in [2.75, 3.05) is 19.5 Å². The highest BCUT2D eigenvalue weighted by atomic mass is 16.6. The highest BCUT2D eigenvalue weighted by Crippen LogP contribution is 2.29. The van der Waals surface area contributed by atoms with Crippen LogP contribution in [-0.2, 0) is 9.53 Å². The molecule has 0 aliphatic carbocycles. The molecule has 0 aliphatic rings. The van der Waals surface area contributed by atoms with E-state index in [4.69, 9.17) is 9.47 Å². The summed E-state index contributed by atoms with van der Waals surface area (Å²) in [5.74, 6) is -0.800. The highest BCUT2D eigenvalue weighted by Gasteiger charge is 2.14. The number of nitrogens with one attached hydrogen (secondary N) is 1. The molecule has 0 saturated heterocycles. The van der Waals surface area contributed by atoms with Crippen molar-refractivity contribution in [2.45, 2.75) is 13.8 Å². The van der Waals surface area contributed by atoms with Crippen LogP contribution in [0.25, 0.3) is 0 Å². The number of hydrogen-bond acceptors (Lipinski definition) is 6. The van der Waals surface area contributed by atoms with Crippen LogP contribution in [0.15, 0.2) is 36.4 Å². The predicted octanol–water partition coefficient (Wildman–Crippen LogP) is 2.97. The molecule has 1 N–H and O–H groups in total. The van der Waals surface area contributed by atoms with Crippen molar-refractivity contribution in [3.63, 3.8) is 0 Å². The molecule has 0 bridgehead atoms. The summed E-state index contributed by atoms with van der Waals surface area (Å²) in [6, 6.07) is 9.32. The van der Waals surface area contributed by atoms with Crippen LogP contribution in [-0.4, -0.2) is 32.1 Å². The van der Waals surface area contributed by atoms with Gasteiger partial charge in [0.05, 0.1) is 19.8 Å². The summed E-state index contributed by atoms with van der Waals surface area (Å²) < 4.78 is 14.8. The first kappa shape index (κ1) is 19.0. The first-order valence-corrected chi connectivity index (χ1v) is 7.72. The Labute approximate surface area is 150 Å². The van der Waals surface area contributed by atoms with E-state index >= 15 is 0 Å². The van der Waals surface area contributed by atoms with Gasteiger partial charge in [0.25, 0.3) is 5.91 Å². The molecule has 0 saturated carbocycles. The van der Waals surface area contributed by atoms with Crippen LogP contribution in [0.1, 0.15) is 33.2 Å². The van der Waals surface area contributed by atoms with Crippen molar-refractivity contribution >= 4 is 23.5 Å². The number of anilines is 1. The Hall–Kier alpha value is -3.35. The van der Waals surface area contributed by atoms with Gasteiger partial charge in [0.1, 0.15) is 0 Å². The van der Waals surface area contributed by atoms with E-state index in [9.17, 15) is 14.4 Å². The molecule has 0 unspecified atom stereocenters. The first-order valence-electron chi connectivity index (χ1n) is 7.72. The number of amides is 1. The van der Waals surface area contributed by atoms with Crippen molar-refractivity contribution in [1.29, 1.82) is 0 Å². The van der Waals surface area contributed by atoms with Gasteiger partial charge in [-0.2, -0.15) is 0 Å². The highest BCUT2D eigenvalue weighted by molar-refractivity contribution is 6.05. The summed E-state index contributed by atoms with van der Waals surface area (Å²) in [7, 11) is 2.72. The average molecular weight is 357 g/mol. The summed E-state index contributed by atoms with van der Waals surface area (Å²) in [4.78, 5) is 35.1. The molecule has 7 heteroatoms. The Morgan fingerprint density at radius 3 is 2.19 bits per heavy atom. The lowest BCUT2D eigenvalue weighted by Crippen LogP contribution is -2.14. The Morgan fingerprint density at radius 1 is 0.923 bits per heavy atom. The third-order valence-electron chi connectivity index (χ3n) is 3.58. The molecule has 2 aromatic rings. The quantitative estimate of drug-likeness (QED) is 0.653. The molecule has 0 heterocycles. The fourth-order valence-electron chi connectivity index (χ4n) is 2.29. The Balaban J connectivity index is 2.22. The molecule has 26 heavy (non-hydrogen) atoms. The van der Waals surface area contributed by atoms with Crippen molar-refractivity contribution in [3.8, 4) is 11.5 Å². The maximum Gasteiger partial charge on any atom is 0.337 e. The van der Waals surface area contributed by atoms with Gasteiger partial charge in [-0.05, 0) is 48.9 Å². The monoisotopic (exact) mass is 357 g/mol. The normalized spacial score (nSPS) is 10.0. The molecule has 136 valence electrons. The number of rotatable bonds is 5. The molecule has 0 spiro atoms. The zero-order valence-corrected chi connectivity index (χ0v) is 14.9. The second-order valence-electron chi connectivity index (χ2n) is 5.43. The maximum absolute atomic E-state index is 12.5. The summed E-state index contributed by atoms with van der Waals surface area (Å²) >= 11 is 0. The Morgan fingerprint density at radius 2 is 1.62 bits per heavy atom. The molecule has 2 aromatic carbocycles. The van der Waals surface area contributed by atoms with Crippen LogP contribution >= 0.6 is 0 Å². The number of methoxy groups -OCH3 is 2. The number of benzene rings is 2. The minimum atomic E-state index is -0.484. The summed E-state index contributed by atoms with van der Waals surface area (Å²) in [5, 5.41) is 2.77. The minimum Gasteiger partial charge on any atom is -0.493 e. The standard InChI is InChI=1S/C19H19NO6/c1-11-9-14(19(23)25-4)5-7-15(11)20-18(22)13-6-8-16(26-12(2)21)17(10-13)24-3/h5-10H,1-4H3,(H,20,22). The van der Waals surface area contributed by atoms with Crippen LogP contribution in [0.3, 0.4) is 0 Å². The van der Waals surface area contributed by atoms with Crippen LogP contribution in [0, 0.1) is 6.92 Å². The lowest BCUT2D eigenvalue weighted by Gasteiger charge is -2.12. The summed E-state index contributed by atoms with van der Waals surface area (Å²) in [5.41, 5.74) is 2.00. The lowest BCUT2D eigenvalue weighted by molar-refractivity contribution is -0.132. The van der Waals surface area contributed by atoms with Gasteiger partial charge in [-0.3, -0.25) is 9.59 Å². The number of esters is 2. The maximum atomic E-state index is 12.5. The molecule has 0 aliphatic heterocycles. The average Bonchev–Trinajstić information content (AvgIpc) is 2.62. The topological polar surface area (TPSA) is 90.9 Å². The van der Waals surface area contributed by atoms with Crippen LogP contribution in [0.2, 0.25) is 0 Å². The molecular formula is C19H19NO6. The molecule has 0 radical (unpaired) electrons. The molecule has 0 atom stereocenters. The molecule has 0 fully saturated rings. The zero-order valence-electron chi connectivity index (χ0n) is 14.9. The number of carbonyl (C=O) groups is 3. The van der Waals surface area contributed by atoms with Gasteiger partial charge in [0.15, 0.2) is 11.5 Å². The van der Waals surface area contributed by atoms with E-state index in [1.807, 2.05) is 0 Å². The predicted molar refractivity (Wildman–Crippen MR) is 94.8 cm³/mol. The molecular weight excluding hydrogens is 338 g/mol. The molecule has 7 nitrogen and oxygen atoms in total. The molecule has 2 rings (SSSR count). The third-order valence-corrected chi connectivity index (χ3v) is 3.58. The second kappa shape index (κ2) is 8.15. The van der Waals surface area contributed by atoms with Crippen LogP contribution < -0.4 is 14.8 Å². The van der Waals surface area contributed by atoms with Crippen molar-refractivity contribution in [2.24, 2.45) is 0 Å². The molecule has 0 aromatic heterocycles. The van der Waals surface area contributed by atoms with Gasteiger partial charge >= 0.3 is 11.9 Å². The summed E-state index contributed by atoms with van der Waals surface area (Å²) in [6.07, 6.45) is 0. The van der Waals surface area contributed by atoms with Gasteiger partial charge in [0, 0.05) is 18.2 Å².